The first kappa shape index (κ1) is 15.3. The molecule has 4 N–H and O–H groups in total. The van der Waals surface area contributed by atoms with Gasteiger partial charge in [-0.1, -0.05) is 0 Å². The molecule has 2 atom stereocenters. The average Bonchev–Trinajstić information content (AvgIpc) is 2.94. The van der Waals surface area contributed by atoms with E-state index in [4.69, 9.17) is 15.6 Å². The van der Waals surface area contributed by atoms with Crippen molar-refractivity contribution in [2.24, 2.45) is 17.6 Å². The normalized spacial score (nSPS) is 33.9. The summed E-state index contributed by atoms with van der Waals surface area (Å²) in [5.74, 6) is -0.562. The lowest BCUT2D eigenvalue weighted by Gasteiger charge is -2.26. The number of carbonyl (C=O) groups is 2. The molecule has 1 saturated carbocycles. The molecule has 6 heteroatoms. The van der Waals surface area contributed by atoms with Gasteiger partial charge < -0.3 is 20.9 Å². The van der Waals surface area contributed by atoms with Crippen molar-refractivity contribution in [3.63, 3.8) is 0 Å². The van der Waals surface area contributed by atoms with Crippen LogP contribution >= 0.6 is 0 Å². The van der Waals surface area contributed by atoms with Gasteiger partial charge in [0.15, 0.2) is 0 Å². The number of ether oxygens (including phenoxy) is 1. The summed E-state index contributed by atoms with van der Waals surface area (Å²) in [4.78, 5) is 22.8. The van der Waals surface area contributed by atoms with Crippen LogP contribution in [-0.2, 0) is 14.3 Å². The number of amides is 1. The van der Waals surface area contributed by atoms with Crippen LogP contribution in [0.1, 0.15) is 38.5 Å². The molecule has 0 spiro atoms. The summed E-state index contributed by atoms with van der Waals surface area (Å²) in [6.45, 7) is 1.08. The predicted octanol–water partition coefficient (Wildman–Crippen LogP) is 0.500. The minimum Gasteiger partial charge on any atom is -0.481 e. The Balaban J connectivity index is 1.66. The van der Waals surface area contributed by atoms with E-state index < -0.39 is 5.97 Å². The highest BCUT2D eigenvalue weighted by atomic mass is 16.5. The van der Waals surface area contributed by atoms with Crippen LogP contribution in [0.2, 0.25) is 0 Å². The fourth-order valence-corrected chi connectivity index (χ4v) is 3.04. The average molecular weight is 284 g/mol. The fraction of sp³-hybridized carbons (Fsp3) is 0.857. The van der Waals surface area contributed by atoms with Crippen molar-refractivity contribution in [2.75, 3.05) is 13.1 Å². The summed E-state index contributed by atoms with van der Waals surface area (Å²) in [7, 11) is 0. The molecule has 1 aliphatic carbocycles. The van der Waals surface area contributed by atoms with Gasteiger partial charge in [0.05, 0.1) is 12.0 Å². The van der Waals surface area contributed by atoms with Crippen LogP contribution in [0.4, 0.5) is 0 Å². The van der Waals surface area contributed by atoms with Crippen LogP contribution in [0, 0.1) is 11.8 Å². The topological polar surface area (TPSA) is 102 Å². The summed E-state index contributed by atoms with van der Waals surface area (Å²) in [5, 5.41) is 11.9. The highest BCUT2D eigenvalue weighted by molar-refractivity contribution is 5.81. The van der Waals surface area contributed by atoms with E-state index in [1.165, 1.54) is 0 Å². The number of carboxylic acids is 1. The van der Waals surface area contributed by atoms with E-state index in [2.05, 4.69) is 5.32 Å². The van der Waals surface area contributed by atoms with Crippen molar-refractivity contribution in [2.45, 2.75) is 50.7 Å². The van der Waals surface area contributed by atoms with E-state index >= 15 is 0 Å². The van der Waals surface area contributed by atoms with Gasteiger partial charge in [0.2, 0.25) is 5.91 Å². The van der Waals surface area contributed by atoms with Gasteiger partial charge in [0, 0.05) is 13.1 Å². The molecule has 0 radical (unpaired) electrons. The van der Waals surface area contributed by atoms with Crippen LogP contribution in [0.15, 0.2) is 0 Å². The quantitative estimate of drug-likeness (QED) is 0.682. The maximum Gasteiger partial charge on any atom is 0.306 e. The molecule has 0 aromatic rings. The number of aliphatic carboxylic acids is 1. The van der Waals surface area contributed by atoms with Gasteiger partial charge in [-0.25, -0.2) is 0 Å². The molecule has 114 valence electrons. The second kappa shape index (κ2) is 7.04. The number of hydrogen-bond donors (Lipinski definition) is 3. The Kier molecular flexibility index (Phi) is 5.37. The van der Waals surface area contributed by atoms with Crippen LogP contribution < -0.4 is 11.1 Å². The van der Waals surface area contributed by atoms with E-state index in [-0.39, 0.29) is 24.0 Å². The highest BCUT2D eigenvalue weighted by Gasteiger charge is 2.31. The maximum atomic E-state index is 12.0. The van der Waals surface area contributed by atoms with Crippen molar-refractivity contribution in [3.05, 3.63) is 0 Å². The number of hydrogen-bond acceptors (Lipinski definition) is 4. The molecule has 1 amide bonds. The molecule has 0 aromatic carbocycles. The van der Waals surface area contributed by atoms with E-state index in [0.717, 1.165) is 25.7 Å². The molecule has 2 rings (SSSR count). The van der Waals surface area contributed by atoms with Crippen LogP contribution in [-0.4, -0.2) is 42.3 Å². The first-order valence-electron chi connectivity index (χ1n) is 7.46. The number of rotatable bonds is 5. The Bertz CT molecular complexity index is 353. The Hall–Kier alpha value is -1.14. The smallest absolute Gasteiger partial charge is 0.306 e. The van der Waals surface area contributed by atoms with Crippen molar-refractivity contribution < 1.29 is 19.4 Å². The predicted molar refractivity (Wildman–Crippen MR) is 73.0 cm³/mol. The lowest BCUT2D eigenvalue weighted by Crippen LogP contribution is -2.39. The number of nitrogens with one attached hydrogen (secondary N) is 1. The lowest BCUT2D eigenvalue weighted by atomic mass is 9.82. The van der Waals surface area contributed by atoms with Crippen LogP contribution in [0.5, 0.6) is 0 Å². The molecule has 20 heavy (non-hydrogen) atoms. The summed E-state index contributed by atoms with van der Waals surface area (Å²) >= 11 is 0. The number of nitrogens with two attached hydrogens (primary N) is 1. The monoisotopic (exact) mass is 284 g/mol. The minimum atomic E-state index is -0.695. The van der Waals surface area contributed by atoms with Crippen LogP contribution in [0.25, 0.3) is 0 Å². The molecule has 2 aliphatic rings. The second-order valence-electron chi connectivity index (χ2n) is 5.86. The molecular formula is C14H24N2O4. The minimum absolute atomic E-state index is 0.0109. The number of carboxylic acid groups (broad SMARTS) is 1. The third-order valence-corrected chi connectivity index (χ3v) is 4.42. The zero-order valence-corrected chi connectivity index (χ0v) is 11.7. The zero-order valence-electron chi connectivity index (χ0n) is 11.7. The molecule has 6 nitrogen and oxygen atoms in total. The summed E-state index contributed by atoms with van der Waals surface area (Å²) in [6, 6.07) is 0. The van der Waals surface area contributed by atoms with Crippen molar-refractivity contribution in [1.82, 2.24) is 5.32 Å². The van der Waals surface area contributed by atoms with E-state index in [1.807, 2.05) is 0 Å². The Morgan fingerprint density at radius 2 is 1.85 bits per heavy atom. The molecule has 2 fully saturated rings. The molecule has 0 bridgehead atoms. The van der Waals surface area contributed by atoms with Crippen LogP contribution in [0.3, 0.4) is 0 Å². The lowest BCUT2D eigenvalue weighted by molar-refractivity contribution is -0.143. The molecule has 0 aromatic heterocycles. The first-order chi connectivity index (χ1) is 9.60. The standard InChI is InChI=1S/C14H24N2O4/c15-7-11-5-6-12(20-11)13(17)16-8-9-1-3-10(4-2-9)14(18)19/h9-12H,1-8,15H2,(H,16,17)(H,18,19). The van der Waals surface area contributed by atoms with E-state index in [0.29, 0.717) is 31.8 Å². The SMILES string of the molecule is NCC1CCC(C(=O)NCC2CCC(C(=O)O)CC2)O1. The molecule has 1 aliphatic heterocycles. The van der Waals surface area contributed by atoms with Gasteiger partial charge >= 0.3 is 5.97 Å². The first-order valence-corrected chi connectivity index (χ1v) is 7.46. The zero-order chi connectivity index (χ0) is 14.5. The van der Waals surface area contributed by atoms with Crippen molar-refractivity contribution in [1.29, 1.82) is 0 Å². The number of carbonyl (C=O) groups excluding carboxylic acids is 1. The van der Waals surface area contributed by atoms with E-state index in [1.54, 1.807) is 0 Å². The molecule has 2 unspecified atom stereocenters. The van der Waals surface area contributed by atoms with Gasteiger partial charge in [-0.3, -0.25) is 9.59 Å². The molecule has 1 saturated heterocycles. The van der Waals surface area contributed by atoms with Gasteiger partial charge in [-0.15, -0.1) is 0 Å². The summed E-state index contributed by atoms with van der Waals surface area (Å²) in [6.07, 6.45) is 4.40. The Labute approximate surface area is 119 Å². The maximum absolute atomic E-state index is 12.0. The molecule has 1 heterocycles. The van der Waals surface area contributed by atoms with Crippen molar-refractivity contribution >= 4 is 11.9 Å². The fourth-order valence-electron chi connectivity index (χ4n) is 3.04. The summed E-state index contributed by atoms with van der Waals surface area (Å²) < 4.78 is 5.55. The van der Waals surface area contributed by atoms with E-state index in [9.17, 15) is 9.59 Å². The second-order valence-corrected chi connectivity index (χ2v) is 5.86. The van der Waals surface area contributed by atoms with Gasteiger partial charge in [-0.05, 0) is 44.4 Å². The molecular weight excluding hydrogens is 260 g/mol. The van der Waals surface area contributed by atoms with Crippen molar-refractivity contribution in [3.8, 4) is 0 Å². The third-order valence-electron chi connectivity index (χ3n) is 4.42. The van der Waals surface area contributed by atoms with Gasteiger partial charge in [0.1, 0.15) is 6.10 Å². The third kappa shape index (κ3) is 3.93. The highest BCUT2D eigenvalue weighted by Crippen LogP contribution is 2.28. The van der Waals surface area contributed by atoms with Gasteiger partial charge in [-0.2, -0.15) is 0 Å². The van der Waals surface area contributed by atoms with Gasteiger partial charge in [0.25, 0.3) is 0 Å². The Morgan fingerprint density at radius 3 is 2.40 bits per heavy atom. The largest absolute Gasteiger partial charge is 0.481 e. The summed E-state index contributed by atoms with van der Waals surface area (Å²) in [5.41, 5.74) is 5.52. The Morgan fingerprint density at radius 1 is 1.15 bits per heavy atom.